The van der Waals surface area contributed by atoms with Crippen molar-refractivity contribution in [3.8, 4) is 0 Å². The van der Waals surface area contributed by atoms with Crippen molar-refractivity contribution in [3.63, 3.8) is 0 Å². The zero-order chi connectivity index (χ0) is 13.9. The first-order valence-electron chi connectivity index (χ1n) is 6.22. The standard InChI is InChI=1S/C16H12N2O2/c1-11-8-16(19)20-15-9-12(5-6-14(11)15)18-10-13-4-2-3-7-17-13/h2-10H,1H3. The molecule has 2 aromatic heterocycles. The van der Waals surface area contributed by atoms with Gasteiger partial charge in [0.25, 0.3) is 0 Å². The second kappa shape index (κ2) is 5.09. The average molecular weight is 264 g/mol. The van der Waals surface area contributed by atoms with Crippen LogP contribution in [0.25, 0.3) is 11.0 Å². The lowest BCUT2D eigenvalue weighted by molar-refractivity contribution is 0.560. The fourth-order valence-corrected chi connectivity index (χ4v) is 1.99. The van der Waals surface area contributed by atoms with Crippen LogP contribution in [-0.2, 0) is 0 Å². The predicted molar refractivity (Wildman–Crippen MR) is 78.7 cm³/mol. The van der Waals surface area contributed by atoms with E-state index in [2.05, 4.69) is 9.98 Å². The number of aryl methyl sites for hydroxylation is 1. The van der Waals surface area contributed by atoms with Crippen LogP contribution in [0.5, 0.6) is 0 Å². The maximum atomic E-state index is 11.4. The highest BCUT2D eigenvalue weighted by molar-refractivity contribution is 5.85. The van der Waals surface area contributed by atoms with Crippen LogP contribution in [0.4, 0.5) is 5.69 Å². The van der Waals surface area contributed by atoms with E-state index in [1.807, 2.05) is 37.3 Å². The summed E-state index contributed by atoms with van der Waals surface area (Å²) in [5.74, 6) is 0. The zero-order valence-corrected chi connectivity index (χ0v) is 10.9. The summed E-state index contributed by atoms with van der Waals surface area (Å²) in [4.78, 5) is 19.9. The summed E-state index contributed by atoms with van der Waals surface area (Å²) < 4.78 is 5.19. The maximum Gasteiger partial charge on any atom is 0.336 e. The van der Waals surface area contributed by atoms with Gasteiger partial charge in [-0.15, -0.1) is 0 Å². The van der Waals surface area contributed by atoms with Crippen molar-refractivity contribution < 1.29 is 4.42 Å². The molecule has 0 radical (unpaired) electrons. The van der Waals surface area contributed by atoms with Crippen LogP contribution in [0.1, 0.15) is 11.3 Å². The molecule has 0 saturated heterocycles. The first kappa shape index (κ1) is 12.3. The molecule has 0 bridgehead atoms. The Labute approximate surface area is 115 Å². The number of nitrogens with zero attached hydrogens (tertiary/aromatic N) is 2. The number of pyridine rings is 1. The number of aromatic nitrogens is 1. The Bertz CT molecular complexity index is 836. The molecule has 0 amide bonds. The molecule has 0 spiro atoms. The van der Waals surface area contributed by atoms with Crippen LogP contribution in [0.3, 0.4) is 0 Å². The Morgan fingerprint density at radius 2 is 2.10 bits per heavy atom. The van der Waals surface area contributed by atoms with Crippen LogP contribution >= 0.6 is 0 Å². The van der Waals surface area contributed by atoms with Crippen molar-refractivity contribution >= 4 is 22.9 Å². The Morgan fingerprint density at radius 1 is 1.20 bits per heavy atom. The molecule has 1 aromatic carbocycles. The Hall–Kier alpha value is -2.75. The summed E-state index contributed by atoms with van der Waals surface area (Å²) in [7, 11) is 0. The first-order valence-corrected chi connectivity index (χ1v) is 6.22. The molecular weight excluding hydrogens is 252 g/mol. The molecule has 0 saturated carbocycles. The summed E-state index contributed by atoms with van der Waals surface area (Å²) in [6.07, 6.45) is 3.39. The van der Waals surface area contributed by atoms with Crippen LogP contribution in [0.15, 0.2) is 62.9 Å². The minimum atomic E-state index is -0.346. The van der Waals surface area contributed by atoms with Gasteiger partial charge in [-0.2, -0.15) is 0 Å². The smallest absolute Gasteiger partial charge is 0.336 e. The zero-order valence-electron chi connectivity index (χ0n) is 10.9. The van der Waals surface area contributed by atoms with E-state index in [1.54, 1.807) is 18.5 Å². The largest absolute Gasteiger partial charge is 0.423 e. The molecular formula is C16H12N2O2. The minimum absolute atomic E-state index is 0.346. The lowest BCUT2D eigenvalue weighted by atomic mass is 10.1. The third-order valence-corrected chi connectivity index (χ3v) is 2.97. The molecule has 0 unspecified atom stereocenters. The molecule has 98 valence electrons. The van der Waals surface area contributed by atoms with Gasteiger partial charge in [0.1, 0.15) is 5.58 Å². The molecule has 0 aliphatic carbocycles. The van der Waals surface area contributed by atoms with Gasteiger partial charge in [-0.25, -0.2) is 4.79 Å². The number of aliphatic imine (C=N–C) groups is 1. The number of rotatable bonds is 2. The lowest BCUT2D eigenvalue weighted by Gasteiger charge is -2.01. The molecule has 4 heteroatoms. The van der Waals surface area contributed by atoms with Gasteiger partial charge < -0.3 is 4.42 Å². The topological polar surface area (TPSA) is 55.5 Å². The van der Waals surface area contributed by atoms with E-state index < -0.39 is 0 Å². The van der Waals surface area contributed by atoms with Gasteiger partial charge in [0, 0.05) is 23.7 Å². The average Bonchev–Trinajstić information content (AvgIpc) is 2.45. The van der Waals surface area contributed by atoms with E-state index in [9.17, 15) is 4.79 Å². The Balaban J connectivity index is 2.01. The highest BCUT2D eigenvalue weighted by Gasteiger charge is 2.02. The van der Waals surface area contributed by atoms with Gasteiger partial charge >= 0.3 is 5.63 Å². The van der Waals surface area contributed by atoms with Gasteiger partial charge in [0.15, 0.2) is 0 Å². The number of fused-ring (bicyclic) bond motifs is 1. The second-order valence-corrected chi connectivity index (χ2v) is 4.44. The minimum Gasteiger partial charge on any atom is -0.423 e. The van der Waals surface area contributed by atoms with E-state index >= 15 is 0 Å². The summed E-state index contributed by atoms with van der Waals surface area (Å²) in [5, 5.41) is 0.918. The van der Waals surface area contributed by atoms with Gasteiger partial charge in [-0.1, -0.05) is 6.07 Å². The second-order valence-electron chi connectivity index (χ2n) is 4.44. The molecule has 0 atom stereocenters. The molecule has 4 nitrogen and oxygen atoms in total. The molecule has 0 fully saturated rings. The van der Waals surface area contributed by atoms with E-state index in [0.29, 0.717) is 5.58 Å². The lowest BCUT2D eigenvalue weighted by Crippen LogP contribution is -1.97. The van der Waals surface area contributed by atoms with Gasteiger partial charge in [-0.05, 0) is 36.8 Å². The quantitative estimate of drug-likeness (QED) is 0.527. The van der Waals surface area contributed by atoms with Crippen molar-refractivity contribution in [2.75, 3.05) is 0 Å². The maximum absolute atomic E-state index is 11.4. The number of benzene rings is 1. The Kier molecular flexibility index (Phi) is 3.13. The molecule has 0 aliphatic rings. The number of hydrogen-bond donors (Lipinski definition) is 0. The van der Waals surface area contributed by atoms with Crippen LogP contribution in [0, 0.1) is 6.92 Å². The molecule has 2 heterocycles. The first-order chi connectivity index (χ1) is 9.72. The van der Waals surface area contributed by atoms with E-state index in [4.69, 9.17) is 4.42 Å². The third-order valence-electron chi connectivity index (χ3n) is 2.97. The summed E-state index contributed by atoms with van der Waals surface area (Å²) in [6.45, 7) is 1.89. The summed E-state index contributed by atoms with van der Waals surface area (Å²) in [5.41, 5.74) is 2.60. The van der Waals surface area contributed by atoms with Gasteiger partial charge in [0.05, 0.1) is 17.6 Å². The number of hydrogen-bond acceptors (Lipinski definition) is 4. The molecule has 0 aliphatic heterocycles. The van der Waals surface area contributed by atoms with Crippen LogP contribution in [0.2, 0.25) is 0 Å². The van der Waals surface area contributed by atoms with E-state index in [0.717, 1.165) is 22.3 Å². The normalized spacial score (nSPS) is 11.2. The monoisotopic (exact) mass is 264 g/mol. The van der Waals surface area contributed by atoms with Gasteiger partial charge in [-0.3, -0.25) is 9.98 Å². The van der Waals surface area contributed by atoms with Crippen LogP contribution in [-0.4, -0.2) is 11.2 Å². The predicted octanol–water partition coefficient (Wildman–Crippen LogP) is 3.25. The fourth-order valence-electron chi connectivity index (χ4n) is 1.99. The van der Waals surface area contributed by atoms with Gasteiger partial charge in [0.2, 0.25) is 0 Å². The highest BCUT2D eigenvalue weighted by Crippen LogP contribution is 2.22. The summed E-state index contributed by atoms with van der Waals surface area (Å²) >= 11 is 0. The van der Waals surface area contributed by atoms with Crippen LogP contribution < -0.4 is 5.63 Å². The highest BCUT2D eigenvalue weighted by atomic mass is 16.4. The van der Waals surface area contributed by atoms with E-state index in [-0.39, 0.29) is 5.63 Å². The van der Waals surface area contributed by atoms with E-state index in [1.165, 1.54) is 6.07 Å². The molecule has 20 heavy (non-hydrogen) atoms. The molecule has 3 rings (SSSR count). The summed E-state index contributed by atoms with van der Waals surface area (Å²) in [6, 6.07) is 12.6. The SMILES string of the molecule is Cc1cc(=O)oc2cc(N=Cc3ccccn3)ccc12. The fraction of sp³-hybridized carbons (Fsp3) is 0.0625. The van der Waals surface area contributed by atoms with Crippen molar-refractivity contribution in [2.45, 2.75) is 6.92 Å². The third kappa shape index (κ3) is 2.49. The van der Waals surface area contributed by atoms with Crippen molar-refractivity contribution in [2.24, 2.45) is 4.99 Å². The Morgan fingerprint density at radius 3 is 2.90 bits per heavy atom. The van der Waals surface area contributed by atoms with Crippen molar-refractivity contribution in [1.82, 2.24) is 4.98 Å². The van der Waals surface area contributed by atoms with Crippen molar-refractivity contribution in [1.29, 1.82) is 0 Å². The molecule has 0 N–H and O–H groups in total. The molecule has 3 aromatic rings. The van der Waals surface area contributed by atoms with Crippen molar-refractivity contribution in [3.05, 3.63) is 70.3 Å².